The van der Waals surface area contributed by atoms with E-state index in [4.69, 9.17) is 4.74 Å². The summed E-state index contributed by atoms with van der Waals surface area (Å²) in [5.41, 5.74) is 0.107. The number of ether oxygens (including phenoxy) is 1. The summed E-state index contributed by atoms with van der Waals surface area (Å²) in [6.07, 6.45) is 4.12. The lowest BCUT2D eigenvalue weighted by atomic mass is 9.86. The molecule has 148 valence electrons. The number of pyridine rings is 1. The highest BCUT2D eigenvalue weighted by atomic mass is 16.5. The number of nitrogens with one attached hydrogen (secondary N) is 3. The lowest BCUT2D eigenvalue weighted by molar-refractivity contribution is -0.123. The van der Waals surface area contributed by atoms with Gasteiger partial charge in [-0.3, -0.25) is 14.9 Å². The normalized spacial score (nSPS) is 19.0. The highest BCUT2D eigenvalue weighted by Crippen LogP contribution is 2.23. The standard InChI is InChI=1S/C20H23N3O5/c1-12-6-2-4-8-15(12)22-20(27)23-18(25)11-28-19(26)14-10-17(24)21-16-9-5-3-7-13(14)16/h3,5,7,9-10,12,15H,2,4,6,8,11H2,1H3,(H,21,24)(H2,22,23,25,27)/t12-,15-/m1/s1. The molecule has 1 aliphatic rings. The lowest BCUT2D eigenvalue weighted by Crippen LogP contribution is -2.48. The first-order chi connectivity index (χ1) is 13.4. The van der Waals surface area contributed by atoms with Crippen molar-refractivity contribution in [1.82, 2.24) is 15.6 Å². The van der Waals surface area contributed by atoms with Gasteiger partial charge in [0.15, 0.2) is 6.61 Å². The zero-order valence-electron chi connectivity index (χ0n) is 15.6. The molecule has 3 N–H and O–H groups in total. The van der Waals surface area contributed by atoms with E-state index in [1.54, 1.807) is 24.3 Å². The summed E-state index contributed by atoms with van der Waals surface area (Å²) in [7, 11) is 0. The number of urea groups is 1. The number of carbonyl (C=O) groups excluding carboxylic acids is 3. The van der Waals surface area contributed by atoms with Gasteiger partial charge in [-0.15, -0.1) is 0 Å². The molecule has 3 rings (SSSR count). The molecule has 28 heavy (non-hydrogen) atoms. The predicted molar refractivity (Wildman–Crippen MR) is 103 cm³/mol. The second kappa shape index (κ2) is 8.69. The smallest absolute Gasteiger partial charge is 0.339 e. The van der Waals surface area contributed by atoms with E-state index in [2.05, 4.69) is 22.5 Å². The maximum Gasteiger partial charge on any atom is 0.339 e. The maximum absolute atomic E-state index is 12.3. The van der Waals surface area contributed by atoms with Crippen molar-refractivity contribution in [3.63, 3.8) is 0 Å². The highest BCUT2D eigenvalue weighted by Gasteiger charge is 2.23. The fraction of sp³-hybridized carbons (Fsp3) is 0.400. The average molecular weight is 385 g/mol. The van der Waals surface area contributed by atoms with E-state index in [0.29, 0.717) is 16.8 Å². The van der Waals surface area contributed by atoms with Crippen molar-refractivity contribution < 1.29 is 19.1 Å². The first-order valence-corrected chi connectivity index (χ1v) is 9.33. The minimum absolute atomic E-state index is 0.0338. The number of hydrogen-bond donors (Lipinski definition) is 3. The number of rotatable bonds is 4. The first-order valence-electron chi connectivity index (χ1n) is 9.33. The van der Waals surface area contributed by atoms with Crippen molar-refractivity contribution in [1.29, 1.82) is 0 Å². The Labute approximate surface area is 161 Å². The molecule has 0 radical (unpaired) electrons. The predicted octanol–water partition coefficient (Wildman–Crippen LogP) is 2.09. The maximum atomic E-state index is 12.3. The fourth-order valence-corrected chi connectivity index (χ4v) is 3.48. The number of para-hydroxylation sites is 1. The van der Waals surface area contributed by atoms with E-state index in [-0.39, 0.29) is 11.6 Å². The van der Waals surface area contributed by atoms with E-state index in [1.165, 1.54) is 0 Å². The summed E-state index contributed by atoms with van der Waals surface area (Å²) < 4.78 is 4.98. The van der Waals surface area contributed by atoms with Gasteiger partial charge in [-0.05, 0) is 24.8 Å². The first kappa shape index (κ1) is 19.6. The lowest BCUT2D eigenvalue weighted by Gasteiger charge is -2.29. The molecule has 1 saturated carbocycles. The van der Waals surface area contributed by atoms with Gasteiger partial charge in [0.25, 0.3) is 5.91 Å². The fourth-order valence-electron chi connectivity index (χ4n) is 3.48. The zero-order chi connectivity index (χ0) is 20.1. The molecule has 1 fully saturated rings. The van der Waals surface area contributed by atoms with Gasteiger partial charge in [0.05, 0.1) is 5.56 Å². The molecule has 0 saturated heterocycles. The summed E-state index contributed by atoms with van der Waals surface area (Å²) in [6.45, 7) is 1.45. The van der Waals surface area contributed by atoms with Crippen LogP contribution in [0.1, 0.15) is 43.0 Å². The summed E-state index contributed by atoms with van der Waals surface area (Å²) in [5, 5.41) is 5.47. The van der Waals surface area contributed by atoms with Crippen molar-refractivity contribution in [3.8, 4) is 0 Å². The van der Waals surface area contributed by atoms with E-state index in [9.17, 15) is 19.2 Å². The number of carbonyl (C=O) groups is 3. The molecular formula is C20H23N3O5. The average Bonchev–Trinajstić information content (AvgIpc) is 2.67. The van der Waals surface area contributed by atoms with Crippen LogP contribution in [0, 0.1) is 5.92 Å². The van der Waals surface area contributed by atoms with Crippen molar-refractivity contribution in [2.45, 2.75) is 38.6 Å². The second-order valence-corrected chi connectivity index (χ2v) is 7.06. The van der Waals surface area contributed by atoms with Gasteiger partial charge < -0.3 is 15.0 Å². The molecule has 3 amide bonds. The number of aromatic amines is 1. The van der Waals surface area contributed by atoms with Crippen LogP contribution in [-0.2, 0) is 9.53 Å². The van der Waals surface area contributed by atoms with Crippen LogP contribution in [0.15, 0.2) is 35.1 Å². The van der Waals surface area contributed by atoms with Gasteiger partial charge in [0.1, 0.15) is 0 Å². The molecule has 1 aliphatic carbocycles. The molecular weight excluding hydrogens is 362 g/mol. The Bertz CT molecular complexity index is 952. The van der Waals surface area contributed by atoms with E-state index >= 15 is 0 Å². The number of fused-ring (bicyclic) bond motifs is 1. The van der Waals surface area contributed by atoms with Crippen molar-refractivity contribution in [3.05, 3.63) is 46.2 Å². The SMILES string of the molecule is C[C@@H]1CCCC[C@H]1NC(=O)NC(=O)COC(=O)c1cc(=O)[nH]c2ccccc12. The van der Waals surface area contributed by atoms with Gasteiger partial charge in [-0.25, -0.2) is 9.59 Å². The third kappa shape index (κ3) is 4.76. The third-order valence-electron chi connectivity index (χ3n) is 4.99. The number of imide groups is 1. The summed E-state index contributed by atoms with van der Waals surface area (Å²) in [6, 6.07) is 7.35. The molecule has 0 unspecified atom stereocenters. The van der Waals surface area contributed by atoms with Crippen molar-refractivity contribution in [2.75, 3.05) is 6.61 Å². The molecule has 8 nitrogen and oxygen atoms in total. The molecule has 2 atom stereocenters. The number of amides is 3. The summed E-state index contributed by atoms with van der Waals surface area (Å²) >= 11 is 0. The molecule has 0 aliphatic heterocycles. The topological polar surface area (TPSA) is 117 Å². The van der Waals surface area contributed by atoms with Gasteiger partial charge in [0.2, 0.25) is 5.56 Å². The number of H-pyrrole nitrogens is 1. The quantitative estimate of drug-likeness (QED) is 0.697. The van der Waals surface area contributed by atoms with Crippen LogP contribution in [-0.4, -0.2) is 35.5 Å². The van der Waals surface area contributed by atoms with E-state index < -0.39 is 30.1 Å². The molecule has 0 bridgehead atoms. The molecule has 0 spiro atoms. The molecule has 1 heterocycles. The Balaban J connectivity index is 1.55. The van der Waals surface area contributed by atoms with Crippen LogP contribution in [0.5, 0.6) is 0 Å². The van der Waals surface area contributed by atoms with Crippen LogP contribution < -0.4 is 16.2 Å². The van der Waals surface area contributed by atoms with Crippen LogP contribution >= 0.6 is 0 Å². The van der Waals surface area contributed by atoms with Gasteiger partial charge >= 0.3 is 12.0 Å². The molecule has 1 aromatic carbocycles. The molecule has 2 aromatic rings. The third-order valence-corrected chi connectivity index (χ3v) is 4.99. The zero-order valence-corrected chi connectivity index (χ0v) is 15.6. The van der Waals surface area contributed by atoms with E-state index in [0.717, 1.165) is 31.7 Å². The summed E-state index contributed by atoms with van der Waals surface area (Å²) in [4.78, 5) is 50.5. The van der Waals surface area contributed by atoms with Crippen LogP contribution in [0.3, 0.4) is 0 Å². The summed E-state index contributed by atoms with van der Waals surface area (Å²) in [5.74, 6) is -1.18. The Morgan fingerprint density at radius 1 is 1.18 bits per heavy atom. The van der Waals surface area contributed by atoms with Crippen LogP contribution in [0.2, 0.25) is 0 Å². The molecule has 1 aromatic heterocycles. The Morgan fingerprint density at radius 3 is 2.71 bits per heavy atom. The van der Waals surface area contributed by atoms with Crippen LogP contribution in [0.4, 0.5) is 4.79 Å². The second-order valence-electron chi connectivity index (χ2n) is 7.06. The van der Waals surface area contributed by atoms with E-state index in [1.807, 2.05) is 0 Å². The monoisotopic (exact) mass is 385 g/mol. The Morgan fingerprint density at radius 2 is 1.93 bits per heavy atom. The number of esters is 1. The number of aromatic nitrogens is 1. The number of hydrogen-bond acceptors (Lipinski definition) is 5. The Hall–Kier alpha value is -3.16. The van der Waals surface area contributed by atoms with Gasteiger partial charge in [-0.2, -0.15) is 0 Å². The minimum atomic E-state index is -0.807. The van der Waals surface area contributed by atoms with Crippen molar-refractivity contribution >= 4 is 28.8 Å². The minimum Gasteiger partial charge on any atom is -0.452 e. The highest BCUT2D eigenvalue weighted by molar-refractivity contribution is 6.04. The van der Waals surface area contributed by atoms with Gasteiger partial charge in [-0.1, -0.05) is 38.0 Å². The van der Waals surface area contributed by atoms with Crippen LogP contribution in [0.25, 0.3) is 10.9 Å². The van der Waals surface area contributed by atoms with Crippen molar-refractivity contribution in [2.24, 2.45) is 5.92 Å². The van der Waals surface area contributed by atoms with Gasteiger partial charge in [0, 0.05) is 23.0 Å². The molecule has 8 heteroatoms. The largest absolute Gasteiger partial charge is 0.452 e. The number of benzene rings is 1. The Kier molecular flexibility index (Phi) is 6.08.